The maximum Gasteiger partial charge on any atom is 0.346 e. The van der Waals surface area contributed by atoms with Gasteiger partial charge in [-0.2, -0.15) is 0 Å². The largest absolute Gasteiger partial charge is 0.408 e. The van der Waals surface area contributed by atoms with E-state index in [9.17, 15) is 4.79 Å². The number of nitrogens with two attached hydrogens (primary N) is 2. The van der Waals surface area contributed by atoms with Gasteiger partial charge >= 0.3 is 5.63 Å². The van der Waals surface area contributed by atoms with E-state index in [1.165, 1.54) is 0 Å². The third-order valence-corrected chi connectivity index (χ3v) is 1.98. The number of rotatable bonds is 1. The lowest BCUT2D eigenvalue weighted by molar-refractivity contribution is 0.467. The molecule has 2 rings (SSSR count). The Balaban J connectivity index is 2.71. The topological polar surface area (TPSA) is 107 Å². The highest BCUT2D eigenvalue weighted by molar-refractivity contribution is 5.84. The third-order valence-electron chi connectivity index (χ3n) is 1.98. The molecule has 0 aliphatic rings. The molecule has 16 heavy (non-hydrogen) atoms. The Morgan fingerprint density at radius 3 is 2.88 bits per heavy atom. The van der Waals surface area contributed by atoms with Crippen molar-refractivity contribution in [3.05, 3.63) is 34.5 Å². The summed E-state index contributed by atoms with van der Waals surface area (Å²) in [5.74, 6) is 0.262. The molecule has 82 valence electrons. The molecule has 0 aliphatic heterocycles. The Morgan fingerprint density at radius 2 is 2.19 bits per heavy atom. The van der Waals surface area contributed by atoms with E-state index in [1.807, 2.05) is 0 Å². The SMILES string of the molecule is Cc1nc2cc(N=C(N)N)ccc2c(=O)o1. The minimum atomic E-state index is -0.418. The van der Waals surface area contributed by atoms with Crippen LogP contribution in [0.4, 0.5) is 5.69 Å². The summed E-state index contributed by atoms with van der Waals surface area (Å²) in [6.07, 6.45) is 0. The Bertz CT molecular complexity index is 626. The molecule has 0 spiro atoms. The van der Waals surface area contributed by atoms with Gasteiger partial charge in [-0.1, -0.05) is 0 Å². The first-order valence-corrected chi connectivity index (χ1v) is 4.57. The molecule has 0 fully saturated rings. The standard InChI is InChI=1S/C10H10N4O2/c1-5-13-8-4-6(14-10(11)12)2-3-7(8)9(15)16-5/h2-4H,1H3,(H4,11,12,14). The molecule has 0 aliphatic carbocycles. The predicted octanol–water partition coefficient (Wildman–Crippen LogP) is 0.401. The smallest absolute Gasteiger partial charge is 0.346 e. The molecule has 2 aromatic rings. The van der Waals surface area contributed by atoms with Gasteiger partial charge in [-0.05, 0) is 18.2 Å². The number of nitrogens with zero attached hydrogens (tertiary/aromatic N) is 2. The first kappa shape index (κ1) is 10.2. The average molecular weight is 218 g/mol. The van der Waals surface area contributed by atoms with Crippen LogP contribution in [0.2, 0.25) is 0 Å². The summed E-state index contributed by atoms with van der Waals surface area (Å²) in [6.45, 7) is 1.61. The third kappa shape index (κ3) is 1.85. The van der Waals surface area contributed by atoms with Crippen molar-refractivity contribution in [2.24, 2.45) is 16.5 Å². The number of aromatic nitrogens is 1. The summed E-state index contributed by atoms with van der Waals surface area (Å²) in [6, 6.07) is 4.82. The van der Waals surface area contributed by atoms with Gasteiger partial charge in [-0.15, -0.1) is 0 Å². The summed E-state index contributed by atoms with van der Waals surface area (Å²) in [4.78, 5) is 19.4. The van der Waals surface area contributed by atoms with Crippen LogP contribution in [0.15, 0.2) is 32.4 Å². The zero-order valence-electron chi connectivity index (χ0n) is 8.60. The van der Waals surface area contributed by atoms with Gasteiger partial charge < -0.3 is 15.9 Å². The van der Waals surface area contributed by atoms with Crippen molar-refractivity contribution in [1.29, 1.82) is 0 Å². The number of guanidine groups is 1. The number of hydrogen-bond acceptors (Lipinski definition) is 4. The van der Waals surface area contributed by atoms with Crippen LogP contribution in [0.3, 0.4) is 0 Å². The van der Waals surface area contributed by atoms with Gasteiger partial charge in [-0.25, -0.2) is 14.8 Å². The Hall–Kier alpha value is -2.37. The molecule has 1 heterocycles. The number of benzene rings is 1. The summed E-state index contributed by atoms with van der Waals surface area (Å²) in [5.41, 5.74) is 11.1. The molecule has 0 amide bonds. The molecule has 1 aromatic heterocycles. The highest BCUT2D eigenvalue weighted by Crippen LogP contribution is 2.17. The Morgan fingerprint density at radius 1 is 1.44 bits per heavy atom. The minimum absolute atomic E-state index is 0.0426. The molecule has 0 bridgehead atoms. The van der Waals surface area contributed by atoms with Gasteiger partial charge in [0.25, 0.3) is 0 Å². The number of fused-ring (bicyclic) bond motifs is 1. The van der Waals surface area contributed by atoms with E-state index in [4.69, 9.17) is 15.9 Å². The zero-order valence-corrected chi connectivity index (χ0v) is 8.60. The summed E-state index contributed by atoms with van der Waals surface area (Å²) in [5, 5.41) is 0.403. The molecule has 4 N–H and O–H groups in total. The van der Waals surface area contributed by atoms with Crippen molar-refractivity contribution in [2.45, 2.75) is 6.92 Å². The maximum absolute atomic E-state index is 11.4. The summed E-state index contributed by atoms with van der Waals surface area (Å²) >= 11 is 0. The fourth-order valence-corrected chi connectivity index (χ4v) is 1.39. The highest BCUT2D eigenvalue weighted by atomic mass is 16.4. The highest BCUT2D eigenvalue weighted by Gasteiger charge is 2.04. The molecule has 0 atom stereocenters. The van der Waals surface area contributed by atoms with Gasteiger partial charge in [0, 0.05) is 6.92 Å². The van der Waals surface area contributed by atoms with E-state index in [0.717, 1.165) is 0 Å². The number of aryl methyl sites for hydroxylation is 1. The molecule has 0 saturated carbocycles. The fraction of sp³-hybridized carbons (Fsp3) is 0.100. The van der Waals surface area contributed by atoms with E-state index >= 15 is 0 Å². The van der Waals surface area contributed by atoms with Gasteiger partial charge in [-0.3, -0.25) is 0 Å². The molecule has 0 unspecified atom stereocenters. The number of hydrogen-bond donors (Lipinski definition) is 2. The van der Waals surface area contributed by atoms with Gasteiger partial charge in [0.1, 0.15) is 0 Å². The Labute approximate surface area is 90.6 Å². The molecule has 0 radical (unpaired) electrons. The van der Waals surface area contributed by atoms with E-state index in [2.05, 4.69) is 9.98 Å². The maximum atomic E-state index is 11.4. The van der Waals surface area contributed by atoms with Crippen LogP contribution in [0, 0.1) is 6.92 Å². The van der Waals surface area contributed by atoms with E-state index in [-0.39, 0.29) is 5.96 Å². The van der Waals surface area contributed by atoms with Crippen molar-refractivity contribution in [1.82, 2.24) is 4.98 Å². The summed E-state index contributed by atoms with van der Waals surface area (Å²) in [7, 11) is 0. The molecular formula is C10H10N4O2. The van der Waals surface area contributed by atoms with Crippen molar-refractivity contribution in [2.75, 3.05) is 0 Å². The van der Waals surface area contributed by atoms with E-state index < -0.39 is 5.63 Å². The van der Waals surface area contributed by atoms with Crippen LogP contribution in [-0.4, -0.2) is 10.9 Å². The molecule has 0 saturated heterocycles. The second-order valence-electron chi connectivity index (χ2n) is 3.26. The van der Waals surface area contributed by atoms with E-state index in [0.29, 0.717) is 22.5 Å². The van der Waals surface area contributed by atoms with Crippen LogP contribution >= 0.6 is 0 Å². The first-order valence-electron chi connectivity index (χ1n) is 4.57. The lowest BCUT2D eigenvalue weighted by Crippen LogP contribution is -2.21. The van der Waals surface area contributed by atoms with Crippen molar-refractivity contribution in [3.63, 3.8) is 0 Å². The lowest BCUT2D eigenvalue weighted by atomic mass is 10.2. The molecular weight excluding hydrogens is 208 g/mol. The quantitative estimate of drug-likeness (QED) is 0.532. The van der Waals surface area contributed by atoms with Crippen molar-refractivity contribution in [3.8, 4) is 0 Å². The normalized spacial score (nSPS) is 10.3. The van der Waals surface area contributed by atoms with Gasteiger partial charge in [0.15, 0.2) is 11.9 Å². The molecule has 6 nitrogen and oxygen atoms in total. The van der Waals surface area contributed by atoms with Crippen molar-refractivity contribution < 1.29 is 4.42 Å². The lowest BCUT2D eigenvalue weighted by Gasteiger charge is -1.99. The van der Waals surface area contributed by atoms with Crippen LogP contribution in [0.1, 0.15) is 5.89 Å². The van der Waals surface area contributed by atoms with Crippen LogP contribution in [0.25, 0.3) is 10.9 Å². The molecule has 6 heteroatoms. The predicted molar refractivity (Wildman–Crippen MR) is 60.5 cm³/mol. The second kappa shape index (κ2) is 3.65. The van der Waals surface area contributed by atoms with E-state index in [1.54, 1.807) is 25.1 Å². The monoisotopic (exact) mass is 218 g/mol. The van der Waals surface area contributed by atoms with Crippen LogP contribution in [-0.2, 0) is 0 Å². The minimum Gasteiger partial charge on any atom is -0.408 e. The molecule has 1 aromatic carbocycles. The van der Waals surface area contributed by atoms with Crippen molar-refractivity contribution >= 4 is 22.5 Å². The second-order valence-corrected chi connectivity index (χ2v) is 3.26. The Kier molecular flexibility index (Phi) is 2.32. The van der Waals surface area contributed by atoms with Gasteiger partial charge in [0.05, 0.1) is 16.6 Å². The van der Waals surface area contributed by atoms with Crippen LogP contribution in [0.5, 0.6) is 0 Å². The van der Waals surface area contributed by atoms with Crippen LogP contribution < -0.4 is 17.1 Å². The fourth-order valence-electron chi connectivity index (χ4n) is 1.39. The van der Waals surface area contributed by atoms with Gasteiger partial charge in [0.2, 0.25) is 0 Å². The summed E-state index contributed by atoms with van der Waals surface area (Å²) < 4.78 is 4.86. The first-order chi connectivity index (χ1) is 7.56. The number of aliphatic imine (C=N–C) groups is 1. The zero-order chi connectivity index (χ0) is 11.7. The average Bonchev–Trinajstić information content (AvgIpc) is 2.15.